The van der Waals surface area contributed by atoms with Gasteiger partial charge in [-0.1, -0.05) is 18.2 Å². The highest BCUT2D eigenvalue weighted by Gasteiger charge is 2.15. The summed E-state index contributed by atoms with van der Waals surface area (Å²) in [6, 6.07) is 11.6. The molecule has 0 aliphatic heterocycles. The van der Waals surface area contributed by atoms with E-state index in [0.717, 1.165) is 32.6 Å². The van der Waals surface area contributed by atoms with Crippen molar-refractivity contribution < 1.29 is 0 Å². The lowest BCUT2D eigenvalue weighted by atomic mass is 10.2. The Kier molecular flexibility index (Phi) is 4.22. The van der Waals surface area contributed by atoms with Crippen molar-refractivity contribution in [2.45, 2.75) is 16.7 Å². The molecule has 4 rings (SSSR count). The largest absolute Gasteiger partial charge is 0.298 e. The van der Waals surface area contributed by atoms with Crippen molar-refractivity contribution in [3.05, 3.63) is 67.6 Å². The van der Waals surface area contributed by atoms with Crippen LogP contribution in [0.25, 0.3) is 22.4 Å². The maximum Gasteiger partial charge on any atom is 0.198 e. The zero-order valence-corrected chi connectivity index (χ0v) is 14.1. The molecule has 1 aromatic carbocycles. The highest BCUT2D eigenvalue weighted by Crippen LogP contribution is 2.28. The molecule has 3 heterocycles. The lowest BCUT2D eigenvalue weighted by Crippen LogP contribution is -2.00. The molecule has 0 radical (unpaired) electrons. The number of pyridine rings is 1. The Hall–Kier alpha value is -3.06. The summed E-state index contributed by atoms with van der Waals surface area (Å²) in [7, 11) is 0. The summed E-state index contributed by atoms with van der Waals surface area (Å²) >= 11 is 1.44. The summed E-state index contributed by atoms with van der Waals surface area (Å²) in [5.41, 5.74) is 2.69. The van der Waals surface area contributed by atoms with Crippen LogP contribution in [0.15, 0.2) is 77.8 Å². The second-order valence-electron chi connectivity index (χ2n) is 5.24. The van der Waals surface area contributed by atoms with Gasteiger partial charge in [-0.3, -0.25) is 14.5 Å². The topological polar surface area (TPSA) is 69.4 Å². The minimum absolute atomic E-state index is 0.605. The number of aromatic nitrogens is 6. The number of hydrogen-bond acceptors (Lipinski definition) is 6. The van der Waals surface area contributed by atoms with E-state index >= 15 is 0 Å². The first-order chi connectivity index (χ1) is 12.3. The van der Waals surface area contributed by atoms with Crippen molar-refractivity contribution in [1.29, 1.82) is 0 Å². The Labute approximate surface area is 148 Å². The van der Waals surface area contributed by atoms with Crippen molar-refractivity contribution >= 4 is 22.8 Å². The number of rotatable bonds is 5. The van der Waals surface area contributed by atoms with Crippen LogP contribution in [0.2, 0.25) is 0 Å². The fourth-order valence-corrected chi connectivity index (χ4v) is 3.24. The van der Waals surface area contributed by atoms with E-state index < -0.39 is 0 Å². The van der Waals surface area contributed by atoms with Gasteiger partial charge in [-0.2, -0.15) is 0 Å². The summed E-state index contributed by atoms with van der Waals surface area (Å²) in [5, 5.41) is 10.2. The first kappa shape index (κ1) is 15.5. The van der Waals surface area contributed by atoms with Crippen molar-refractivity contribution in [3.63, 3.8) is 0 Å². The number of para-hydroxylation sites is 2. The SMILES string of the molecule is C=CCn1c(Sc2cnc3ccccc3n2)nnc1-c1ccncc1. The third-order valence-corrected chi connectivity index (χ3v) is 4.48. The number of fused-ring (bicyclic) bond motifs is 1. The van der Waals surface area contributed by atoms with Crippen molar-refractivity contribution in [3.8, 4) is 11.4 Å². The van der Waals surface area contributed by atoms with Crippen LogP contribution in [-0.2, 0) is 6.54 Å². The lowest BCUT2D eigenvalue weighted by molar-refractivity contribution is 0.730. The second kappa shape index (κ2) is 6.82. The predicted octanol–water partition coefficient (Wildman–Crippen LogP) is 3.62. The molecule has 0 aliphatic carbocycles. The molecule has 25 heavy (non-hydrogen) atoms. The highest BCUT2D eigenvalue weighted by molar-refractivity contribution is 7.99. The molecule has 0 spiro atoms. The van der Waals surface area contributed by atoms with Gasteiger partial charge < -0.3 is 0 Å². The predicted molar refractivity (Wildman–Crippen MR) is 97.1 cm³/mol. The molecule has 4 aromatic rings. The van der Waals surface area contributed by atoms with Gasteiger partial charge >= 0.3 is 0 Å². The van der Waals surface area contributed by atoms with Gasteiger partial charge in [-0.05, 0) is 36.0 Å². The first-order valence-corrected chi connectivity index (χ1v) is 8.51. The van der Waals surface area contributed by atoms with E-state index in [0.29, 0.717) is 6.54 Å². The average Bonchev–Trinajstić information content (AvgIpc) is 3.05. The van der Waals surface area contributed by atoms with E-state index in [2.05, 4.69) is 31.7 Å². The van der Waals surface area contributed by atoms with Gasteiger partial charge in [0.05, 0.1) is 17.2 Å². The summed E-state index contributed by atoms with van der Waals surface area (Å²) in [6.07, 6.45) is 7.06. The molecule has 0 amide bonds. The van der Waals surface area contributed by atoms with Gasteiger partial charge in [-0.25, -0.2) is 4.98 Å². The summed E-state index contributed by atoms with van der Waals surface area (Å²) < 4.78 is 2.00. The molecule has 0 aliphatic rings. The number of nitrogens with zero attached hydrogens (tertiary/aromatic N) is 6. The molecule has 0 saturated heterocycles. The van der Waals surface area contributed by atoms with Crippen LogP contribution in [0.1, 0.15) is 0 Å². The van der Waals surface area contributed by atoms with Crippen LogP contribution in [0, 0.1) is 0 Å². The Morgan fingerprint density at radius 2 is 1.84 bits per heavy atom. The molecular formula is C18H14N6S. The molecule has 6 nitrogen and oxygen atoms in total. The molecule has 7 heteroatoms. The molecule has 0 unspecified atom stereocenters. The monoisotopic (exact) mass is 346 g/mol. The van der Waals surface area contributed by atoms with Crippen LogP contribution in [0.4, 0.5) is 0 Å². The maximum atomic E-state index is 4.64. The minimum atomic E-state index is 0.605. The van der Waals surface area contributed by atoms with Crippen LogP contribution >= 0.6 is 11.8 Å². The third-order valence-electron chi connectivity index (χ3n) is 3.59. The summed E-state index contributed by atoms with van der Waals surface area (Å²) in [4.78, 5) is 13.1. The van der Waals surface area contributed by atoms with E-state index in [1.807, 2.05) is 47.0 Å². The fourth-order valence-electron chi connectivity index (χ4n) is 2.46. The van der Waals surface area contributed by atoms with Gasteiger partial charge in [0.15, 0.2) is 11.0 Å². The minimum Gasteiger partial charge on any atom is -0.298 e. The van der Waals surface area contributed by atoms with E-state index in [9.17, 15) is 0 Å². The van der Waals surface area contributed by atoms with Crippen molar-refractivity contribution in [1.82, 2.24) is 29.7 Å². The van der Waals surface area contributed by atoms with Gasteiger partial charge in [0.2, 0.25) is 0 Å². The molecule has 0 saturated carbocycles. The van der Waals surface area contributed by atoms with Crippen LogP contribution in [0.3, 0.4) is 0 Å². The van der Waals surface area contributed by atoms with Gasteiger partial charge in [0, 0.05) is 24.5 Å². The zero-order chi connectivity index (χ0) is 17.1. The van der Waals surface area contributed by atoms with Crippen molar-refractivity contribution in [2.24, 2.45) is 0 Å². The summed E-state index contributed by atoms with van der Waals surface area (Å²) in [5.74, 6) is 0.776. The van der Waals surface area contributed by atoms with Crippen LogP contribution in [0.5, 0.6) is 0 Å². The zero-order valence-electron chi connectivity index (χ0n) is 13.3. The molecule has 0 bridgehead atoms. The fraction of sp³-hybridized carbons (Fsp3) is 0.0556. The maximum absolute atomic E-state index is 4.64. The average molecular weight is 346 g/mol. The Morgan fingerprint density at radius 3 is 2.64 bits per heavy atom. The normalized spacial score (nSPS) is 10.9. The van der Waals surface area contributed by atoms with Gasteiger partial charge in [0.1, 0.15) is 5.03 Å². The van der Waals surface area contributed by atoms with Crippen molar-refractivity contribution in [2.75, 3.05) is 0 Å². The molecular weight excluding hydrogens is 332 g/mol. The molecule has 0 N–H and O–H groups in total. The van der Waals surface area contributed by atoms with Gasteiger partial charge in [0.25, 0.3) is 0 Å². The Morgan fingerprint density at radius 1 is 1.04 bits per heavy atom. The van der Waals surface area contributed by atoms with Crippen LogP contribution in [-0.4, -0.2) is 29.7 Å². The second-order valence-corrected chi connectivity index (χ2v) is 6.23. The Balaban J connectivity index is 1.72. The van der Waals surface area contributed by atoms with E-state index in [-0.39, 0.29) is 0 Å². The summed E-state index contributed by atoms with van der Waals surface area (Å²) in [6.45, 7) is 4.44. The molecule has 122 valence electrons. The number of allylic oxidation sites excluding steroid dienone is 1. The molecule has 3 aromatic heterocycles. The molecule has 0 atom stereocenters. The van der Waals surface area contributed by atoms with Crippen LogP contribution < -0.4 is 0 Å². The van der Waals surface area contributed by atoms with E-state index in [1.165, 1.54) is 11.8 Å². The first-order valence-electron chi connectivity index (χ1n) is 7.69. The quantitative estimate of drug-likeness (QED) is 0.514. The van der Waals surface area contributed by atoms with E-state index in [1.54, 1.807) is 18.6 Å². The lowest BCUT2D eigenvalue weighted by Gasteiger charge is -2.07. The molecule has 0 fully saturated rings. The number of benzene rings is 1. The highest BCUT2D eigenvalue weighted by atomic mass is 32.2. The standard InChI is InChI=1S/C18H14N6S/c1-2-11-24-17(13-7-9-19-10-8-13)22-23-18(24)25-16-12-20-14-5-3-4-6-15(14)21-16/h2-10,12H,1,11H2. The number of hydrogen-bond donors (Lipinski definition) is 0. The van der Waals surface area contributed by atoms with E-state index in [4.69, 9.17) is 0 Å². The Bertz CT molecular complexity index is 1030. The van der Waals surface area contributed by atoms with Gasteiger partial charge in [-0.15, -0.1) is 16.8 Å². The third kappa shape index (κ3) is 3.14. The smallest absolute Gasteiger partial charge is 0.198 e.